The molecule has 1 atom stereocenters. The molecule has 0 saturated carbocycles. The van der Waals surface area contributed by atoms with E-state index in [-0.39, 0.29) is 0 Å². The van der Waals surface area contributed by atoms with Gasteiger partial charge in [-0.15, -0.1) is 0 Å². The third kappa shape index (κ3) is 10.3. The molecular weight excluding hydrogens is 699 g/mol. The zero-order chi connectivity index (χ0) is 16.9. The molecule has 0 aromatic heterocycles. The molecule has 2 N–H and O–H groups in total. The van der Waals surface area contributed by atoms with Crippen molar-refractivity contribution in [2.45, 2.75) is 25.4 Å². The van der Waals surface area contributed by atoms with E-state index in [1.807, 2.05) is 35.3 Å². The number of aliphatic hydroxyl groups is 1. The average Bonchev–Trinajstić information content (AvgIpc) is 3.21. The molecule has 2 aliphatic rings. The number of hydrogen-bond donors (Lipinski definition) is 2. The Balaban J connectivity index is 0.000000223. The Kier molecular flexibility index (Phi) is 13.1. The maximum atomic E-state index is 8.50. The summed E-state index contributed by atoms with van der Waals surface area (Å²) in [5, 5.41) is 11.7. The SMILES string of the molecule is CN1[C]N(Cc2ccccc2)C=C1.OC[C@@H]1CCCN1.[I][Pt][I]. The van der Waals surface area contributed by atoms with Gasteiger partial charge in [-0.1, -0.05) is 30.3 Å². The van der Waals surface area contributed by atoms with Crippen molar-refractivity contribution in [1.29, 1.82) is 0 Å². The monoisotopic (exact) mass is 722 g/mol. The fourth-order valence-electron chi connectivity index (χ4n) is 2.23. The molecule has 23 heavy (non-hydrogen) atoms. The Morgan fingerprint density at radius 1 is 1.30 bits per heavy atom. The third-order valence-corrected chi connectivity index (χ3v) is 3.33. The molecule has 0 unspecified atom stereocenters. The molecular formula is C16H23I2N3OPt. The number of rotatable bonds is 3. The van der Waals surface area contributed by atoms with Gasteiger partial charge in [0.2, 0.25) is 6.67 Å². The number of aliphatic hydroxyl groups excluding tert-OH is 1. The quantitative estimate of drug-likeness (QED) is 0.470. The van der Waals surface area contributed by atoms with Gasteiger partial charge in [-0.3, -0.25) is 0 Å². The molecule has 0 aliphatic carbocycles. The third-order valence-electron chi connectivity index (χ3n) is 3.33. The molecule has 0 bridgehead atoms. The van der Waals surface area contributed by atoms with E-state index in [4.69, 9.17) is 5.11 Å². The second kappa shape index (κ2) is 13.9. The molecule has 2 radical (unpaired) electrons. The van der Waals surface area contributed by atoms with Gasteiger partial charge in [0.1, 0.15) is 0 Å². The Morgan fingerprint density at radius 3 is 2.43 bits per heavy atom. The summed E-state index contributed by atoms with van der Waals surface area (Å²) < 4.78 is 0. The van der Waals surface area contributed by atoms with Gasteiger partial charge < -0.3 is 20.2 Å². The number of nitrogens with zero attached hydrogens (tertiary/aromatic N) is 2. The van der Waals surface area contributed by atoms with Crippen LogP contribution in [0.4, 0.5) is 0 Å². The topological polar surface area (TPSA) is 38.7 Å². The first-order valence-corrected chi connectivity index (χ1v) is 20.2. The second-order valence-electron chi connectivity index (χ2n) is 5.14. The van der Waals surface area contributed by atoms with E-state index in [1.54, 1.807) is 0 Å². The van der Waals surface area contributed by atoms with Crippen molar-refractivity contribution in [3.05, 3.63) is 55.0 Å². The summed E-state index contributed by atoms with van der Waals surface area (Å²) >= 11 is 5.30. The second-order valence-corrected chi connectivity index (χ2v) is 21.7. The van der Waals surface area contributed by atoms with Crippen LogP contribution in [0.2, 0.25) is 0 Å². The molecule has 2 aliphatic heterocycles. The molecule has 1 fully saturated rings. The molecule has 1 aromatic rings. The standard InChI is InChI=1S/C11H12N2.C5H11NO.2HI.Pt/c1-12-7-8-13(10-12)9-11-5-3-2-4-6-11;7-4-5-2-1-3-6-5;;;/h2-8H,9H2,1H3;5-7H,1-4H2;2*1H;/q;;;;+2/p-2/t;5-;;;/m.0.../s1. The van der Waals surface area contributed by atoms with Gasteiger partial charge in [0.15, 0.2) is 0 Å². The van der Waals surface area contributed by atoms with Crippen molar-refractivity contribution in [3.8, 4) is 0 Å². The first-order chi connectivity index (χ1) is 11.2. The number of benzene rings is 1. The summed E-state index contributed by atoms with van der Waals surface area (Å²) in [4.78, 5) is 3.96. The minimum absolute atomic E-state index is 0.306. The summed E-state index contributed by atoms with van der Waals surface area (Å²) in [5.74, 6) is 0. The van der Waals surface area contributed by atoms with Crippen molar-refractivity contribution in [1.82, 2.24) is 15.1 Å². The predicted molar refractivity (Wildman–Crippen MR) is 108 cm³/mol. The summed E-state index contributed by atoms with van der Waals surface area (Å²) in [6.45, 7) is 5.44. The van der Waals surface area contributed by atoms with Gasteiger partial charge in [-0.05, 0) is 24.9 Å². The Hall–Kier alpha value is 0.628. The zero-order valence-electron chi connectivity index (χ0n) is 13.1. The Labute approximate surface area is 169 Å². The fourth-order valence-corrected chi connectivity index (χ4v) is 2.23. The molecule has 7 heteroatoms. The normalized spacial score (nSPS) is 19.2. The van der Waals surface area contributed by atoms with Gasteiger partial charge in [0.25, 0.3) is 0 Å². The Bertz CT molecular complexity index is 431. The molecule has 4 nitrogen and oxygen atoms in total. The van der Waals surface area contributed by atoms with Gasteiger partial charge in [0, 0.05) is 32.0 Å². The van der Waals surface area contributed by atoms with Gasteiger partial charge >= 0.3 is 49.9 Å². The van der Waals surface area contributed by atoms with Crippen LogP contribution in [0.15, 0.2) is 42.7 Å². The van der Waals surface area contributed by atoms with E-state index in [2.05, 4.69) is 75.0 Å². The van der Waals surface area contributed by atoms with Crippen LogP contribution < -0.4 is 5.32 Å². The molecule has 3 rings (SSSR count). The first kappa shape index (κ1) is 21.7. The van der Waals surface area contributed by atoms with E-state index >= 15 is 0 Å². The molecule has 132 valence electrons. The van der Waals surface area contributed by atoms with E-state index in [0.717, 1.165) is 19.5 Å². The van der Waals surface area contributed by atoms with Crippen LogP contribution in [0.3, 0.4) is 0 Å². The van der Waals surface area contributed by atoms with Crippen molar-refractivity contribution in [3.63, 3.8) is 0 Å². The van der Waals surface area contributed by atoms with E-state index in [0.29, 0.717) is 23.8 Å². The summed E-state index contributed by atoms with van der Waals surface area (Å²) in [6.07, 6.45) is 6.39. The molecule has 0 amide bonds. The fraction of sp³-hybridized carbons (Fsp3) is 0.438. The minimum atomic E-state index is 0.306. The zero-order valence-corrected chi connectivity index (χ0v) is 19.7. The van der Waals surface area contributed by atoms with Crippen LogP contribution in [0.1, 0.15) is 18.4 Å². The van der Waals surface area contributed by atoms with Crippen LogP contribution in [0, 0.1) is 6.67 Å². The molecule has 1 saturated heterocycles. The molecule has 2 heterocycles. The van der Waals surface area contributed by atoms with Crippen molar-refractivity contribution in [2.24, 2.45) is 0 Å². The van der Waals surface area contributed by atoms with Crippen molar-refractivity contribution >= 4 is 38.7 Å². The van der Waals surface area contributed by atoms with Crippen molar-refractivity contribution < 1.29 is 16.3 Å². The first-order valence-electron chi connectivity index (χ1n) is 7.34. The van der Waals surface area contributed by atoms with E-state index < -0.39 is 0 Å². The van der Waals surface area contributed by atoms with Crippen LogP contribution in [0.25, 0.3) is 0 Å². The van der Waals surface area contributed by atoms with Gasteiger partial charge in [0.05, 0.1) is 6.61 Å². The van der Waals surface area contributed by atoms with Crippen LogP contribution in [-0.4, -0.2) is 41.1 Å². The summed E-state index contributed by atoms with van der Waals surface area (Å²) in [6, 6.07) is 10.8. The van der Waals surface area contributed by atoms with Crippen LogP contribution in [-0.2, 0) is 17.7 Å². The predicted octanol–water partition coefficient (Wildman–Crippen LogP) is 3.40. The van der Waals surface area contributed by atoms with E-state index in [1.165, 1.54) is 12.0 Å². The molecule has 1 aromatic carbocycles. The summed E-state index contributed by atoms with van der Waals surface area (Å²) in [7, 11) is 1.97. The van der Waals surface area contributed by atoms with Gasteiger partial charge in [-0.2, -0.15) is 0 Å². The van der Waals surface area contributed by atoms with Gasteiger partial charge in [-0.25, -0.2) is 0 Å². The number of hydrogen-bond acceptors (Lipinski definition) is 4. The summed E-state index contributed by atoms with van der Waals surface area (Å²) in [5.41, 5.74) is 1.30. The average molecular weight is 722 g/mol. The van der Waals surface area contributed by atoms with E-state index in [9.17, 15) is 0 Å². The number of halogens is 2. The van der Waals surface area contributed by atoms with Crippen LogP contribution in [0.5, 0.6) is 0 Å². The molecule has 0 spiro atoms. The van der Waals surface area contributed by atoms with Crippen molar-refractivity contribution in [2.75, 3.05) is 20.2 Å². The number of nitrogens with one attached hydrogen (secondary N) is 1. The van der Waals surface area contributed by atoms with Crippen LogP contribution >= 0.6 is 38.7 Å². The maximum absolute atomic E-state index is 8.50. The Morgan fingerprint density at radius 2 is 2.00 bits per heavy atom.